The van der Waals surface area contributed by atoms with Gasteiger partial charge >= 0.3 is 39.5 Å². The first-order valence-electron chi connectivity index (χ1n) is 40.5. The molecule has 0 saturated heterocycles. The van der Waals surface area contributed by atoms with Crippen LogP contribution in [0.5, 0.6) is 0 Å². The molecule has 19 heteroatoms. The number of allylic oxidation sites excluding steroid dienone is 10. The van der Waals surface area contributed by atoms with Crippen LogP contribution in [0.3, 0.4) is 0 Å². The first-order chi connectivity index (χ1) is 48.7. The van der Waals surface area contributed by atoms with Crippen molar-refractivity contribution in [2.24, 2.45) is 0 Å². The fourth-order valence-electron chi connectivity index (χ4n) is 11.3. The third-order valence-electron chi connectivity index (χ3n) is 17.5. The van der Waals surface area contributed by atoms with E-state index >= 15 is 0 Å². The zero-order valence-corrected chi connectivity index (χ0v) is 65.7. The van der Waals surface area contributed by atoms with E-state index < -0.39 is 97.5 Å². The van der Waals surface area contributed by atoms with Gasteiger partial charge in [0.2, 0.25) is 0 Å². The van der Waals surface area contributed by atoms with E-state index in [2.05, 4.69) is 88.5 Å². The summed E-state index contributed by atoms with van der Waals surface area (Å²) in [4.78, 5) is 73.0. The van der Waals surface area contributed by atoms with E-state index in [1.807, 2.05) is 0 Å². The monoisotopic (exact) mass is 1460 g/mol. The van der Waals surface area contributed by atoms with Crippen LogP contribution in [0, 0.1) is 0 Å². The molecule has 5 atom stereocenters. The van der Waals surface area contributed by atoms with Gasteiger partial charge in [0.1, 0.15) is 19.3 Å². The molecule has 100 heavy (non-hydrogen) atoms. The van der Waals surface area contributed by atoms with Crippen molar-refractivity contribution in [1.82, 2.24) is 0 Å². The predicted molar refractivity (Wildman–Crippen MR) is 409 cm³/mol. The topological polar surface area (TPSA) is 237 Å². The Kier molecular flexibility index (Phi) is 71.6. The second-order valence-corrected chi connectivity index (χ2v) is 30.3. The minimum Gasteiger partial charge on any atom is -0.462 e. The smallest absolute Gasteiger partial charge is 0.462 e. The minimum atomic E-state index is -4.97. The van der Waals surface area contributed by atoms with Crippen LogP contribution in [-0.4, -0.2) is 96.7 Å². The summed E-state index contributed by atoms with van der Waals surface area (Å²) in [5, 5.41) is 10.6. The van der Waals surface area contributed by atoms with Gasteiger partial charge in [-0.15, -0.1) is 0 Å². The van der Waals surface area contributed by atoms with Gasteiger partial charge in [0.25, 0.3) is 0 Å². The molecule has 0 aromatic heterocycles. The van der Waals surface area contributed by atoms with Crippen molar-refractivity contribution < 1.29 is 80.2 Å². The molecule has 0 fully saturated rings. The van der Waals surface area contributed by atoms with E-state index in [1.165, 1.54) is 154 Å². The number of phosphoric ester groups is 2. The van der Waals surface area contributed by atoms with Crippen LogP contribution in [0.15, 0.2) is 60.8 Å². The fourth-order valence-corrected chi connectivity index (χ4v) is 12.9. The summed E-state index contributed by atoms with van der Waals surface area (Å²) in [5.41, 5.74) is 0. The minimum absolute atomic E-state index is 0.0958. The summed E-state index contributed by atoms with van der Waals surface area (Å²) in [6, 6.07) is 0. The SMILES string of the molecule is CC/C=C\C/C=C\C/C=C\C/C=C\CCCCCCC(=O)OCC(COP(=O)(O)OCC(O)COP(=O)(O)OCC(COC(=O)CCCCCCC/C=C\CCCCCCCC)OC(=O)CCCCCCCCCCCCCCC)OC(=O)CCCCCCCCCCCCCCCCC. The summed E-state index contributed by atoms with van der Waals surface area (Å²) in [5.74, 6) is -2.17. The predicted octanol–water partition coefficient (Wildman–Crippen LogP) is 23.5. The Balaban J connectivity index is 5.33. The van der Waals surface area contributed by atoms with Crippen molar-refractivity contribution in [2.45, 2.75) is 393 Å². The summed E-state index contributed by atoms with van der Waals surface area (Å²) < 4.78 is 68.6. The molecule has 0 heterocycles. The Hall–Kier alpha value is -3.24. The van der Waals surface area contributed by atoms with Gasteiger partial charge in [0.15, 0.2) is 12.2 Å². The maximum atomic E-state index is 13.1. The van der Waals surface area contributed by atoms with Crippen molar-refractivity contribution in [1.29, 1.82) is 0 Å². The summed E-state index contributed by atoms with van der Waals surface area (Å²) >= 11 is 0. The number of ether oxygens (including phenoxy) is 4. The molecular formula is C81H148O17P2. The maximum absolute atomic E-state index is 13.1. The Morgan fingerprint density at radius 2 is 0.520 bits per heavy atom. The largest absolute Gasteiger partial charge is 0.472 e. The third kappa shape index (κ3) is 73.1. The molecule has 17 nitrogen and oxygen atoms in total. The van der Waals surface area contributed by atoms with E-state index in [1.54, 1.807) is 0 Å². The summed E-state index contributed by atoms with van der Waals surface area (Å²) in [7, 11) is -9.94. The number of esters is 4. The van der Waals surface area contributed by atoms with Gasteiger partial charge in [-0.05, 0) is 89.9 Å². The van der Waals surface area contributed by atoms with Crippen LogP contribution in [0.1, 0.15) is 374 Å². The van der Waals surface area contributed by atoms with Gasteiger partial charge in [-0.2, -0.15) is 0 Å². The van der Waals surface area contributed by atoms with E-state index in [4.69, 9.17) is 37.0 Å². The highest BCUT2D eigenvalue weighted by molar-refractivity contribution is 7.47. The number of carbonyl (C=O) groups excluding carboxylic acids is 4. The van der Waals surface area contributed by atoms with Crippen molar-refractivity contribution >= 4 is 39.5 Å². The van der Waals surface area contributed by atoms with Gasteiger partial charge in [-0.1, -0.05) is 320 Å². The molecule has 0 aliphatic rings. The standard InChI is InChI=1S/C81H148O17P2/c1-5-9-13-17-21-25-29-33-36-37-40-43-46-50-54-58-62-66-79(84)92-72-77(98-81(86)68-64-60-56-52-48-44-39-35-31-27-23-19-15-11-7-3)74-96-100(89,90)94-70-75(82)69-93-99(87,88)95-73-76(97-80(85)67-63-59-55-51-47-41-32-28-24-20-16-12-8-4)71-91-78(83)65-61-57-53-49-45-42-38-34-30-26-22-18-14-10-6-2/h9,13,21,25,33-34,36,38,40,43,75-77,82H,5-8,10-12,14-20,22-24,26-32,35,37,39,41-42,44-74H2,1-4H3,(H,87,88)(H,89,90)/b13-9-,25-21-,36-33-,38-34-,43-40-. The number of aliphatic hydroxyl groups excluding tert-OH is 1. The summed E-state index contributed by atoms with van der Waals surface area (Å²) in [6.45, 7) is 4.81. The fraction of sp³-hybridized carbons (Fsp3) is 0.827. The number of phosphoric acid groups is 2. The van der Waals surface area contributed by atoms with Gasteiger partial charge in [0, 0.05) is 25.7 Å². The molecule has 3 N–H and O–H groups in total. The van der Waals surface area contributed by atoms with E-state index in [-0.39, 0.29) is 25.7 Å². The quantitative estimate of drug-likeness (QED) is 0.0169. The lowest BCUT2D eigenvalue weighted by atomic mass is 10.0. The zero-order valence-electron chi connectivity index (χ0n) is 63.9. The second-order valence-electron chi connectivity index (χ2n) is 27.3. The molecule has 0 aromatic rings. The average molecular weight is 1460 g/mol. The maximum Gasteiger partial charge on any atom is 0.472 e. The Labute approximate surface area is 610 Å². The van der Waals surface area contributed by atoms with Crippen LogP contribution in [0.2, 0.25) is 0 Å². The van der Waals surface area contributed by atoms with E-state index in [0.29, 0.717) is 25.7 Å². The van der Waals surface area contributed by atoms with Crippen molar-refractivity contribution in [2.75, 3.05) is 39.6 Å². The van der Waals surface area contributed by atoms with Gasteiger partial charge in [-0.3, -0.25) is 37.3 Å². The normalized spacial score (nSPS) is 14.2. The Morgan fingerprint density at radius 1 is 0.290 bits per heavy atom. The Morgan fingerprint density at radius 3 is 0.810 bits per heavy atom. The number of hydrogen-bond acceptors (Lipinski definition) is 15. The number of hydrogen-bond donors (Lipinski definition) is 3. The van der Waals surface area contributed by atoms with Crippen molar-refractivity contribution in [3.05, 3.63) is 60.8 Å². The molecule has 0 amide bonds. The Bertz CT molecular complexity index is 2130. The first-order valence-corrected chi connectivity index (χ1v) is 43.5. The lowest BCUT2D eigenvalue weighted by molar-refractivity contribution is -0.161. The highest BCUT2D eigenvalue weighted by atomic mass is 31.2. The van der Waals surface area contributed by atoms with Crippen LogP contribution in [0.25, 0.3) is 0 Å². The van der Waals surface area contributed by atoms with Crippen LogP contribution in [0.4, 0.5) is 0 Å². The molecule has 0 aromatic carbocycles. The third-order valence-corrected chi connectivity index (χ3v) is 19.4. The molecular weight excluding hydrogens is 1310 g/mol. The first kappa shape index (κ1) is 96.8. The molecule has 0 rings (SSSR count). The highest BCUT2D eigenvalue weighted by Crippen LogP contribution is 2.45. The van der Waals surface area contributed by atoms with Crippen molar-refractivity contribution in [3.63, 3.8) is 0 Å². The van der Waals surface area contributed by atoms with Gasteiger partial charge in [0.05, 0.1) is 26.4 Å². The van der Waals surface area contributed by atoms with Gasteiger partial charge in [-0.25, -0.2) is 9.13 Å². The highest BCUT2D eigenvalue weighted by Gasteiger charge is 2.30. The van der Waals surface area contributed by atoms with Gasteiger partial charge < -0.3 is 33.8 Å². The average Bonchev–Trinajstić information content (AvgIpc) is 1.06. The molecule has 0 bridgehead atoms. The number of aliphatic hydroxyl groups is 1. The molecule has 5 unspecified atom stereocenters. The molecule has 584 valence electrons. The number of unbranched alkanes of at least 4 members (excludes halogenated alkanes) is 41. The van der Waals surface area contributed by atoms with Crippen LogP contribution in [-0.2, 0) is 65.4 Å². The molecule has 0 radical (unpaired) electrons. The molecule has 0 spiro atoms. The molecule has 0 saturated carbocycles. The van der Waals surface area contributed by atoms with Crippen molar-refractivity contribution in [3.8, 4) is 0 Å². The van der Waals surface area contributed by atoms with E-state index in [9.17, 15) is 43.2 Å². The molecule has 0 aliphatic carbocycles. The molecule has 0 aliphatic heterocycles. The lowest BCUT2D eigenvalue weighted by Gasteiger charge is -2.21. The second kappa shape index (κ2) is 74.0. The number of rotatable bonds is 77. The zero-order chi connectivity index (χ0) is 73.2. The lowest BCUT2D eigenvalue weighted by Crippen LogP contribution is -2.30. The van der Waals surface area contributed by atoms with Crippen LogP contribution >= 0.6 is 15.6 Å². The van der Waals surface area contributed by atoms with E-state index in [0.717, 1.165) is 141 Å². The summed E-state index contributed by atoms with van der Waals surface area (Å²) in [6.07, 6.45) is 73.3. The van der Waals surface area contributed by atoms with Crippen LogP contribution < -0.4 is 0 Å². The number of carbonyl (C=O) groups is 4.